The summed E-state index contributed by atoms with van der Waals surface area (Å²) in [6, 6.07) is 0. The van der Waals surface area contributed by atoms with Crippen molar-refractivity contribution >= 4 is 16.8 Å². The molecular formula is C16H44B2Y-2. The fourth-order valence-electron chi connectivity index (χ4n) is 0. The predicted molar refractivity (Wildman–Crippen MR) is 99.5 cm³/mol. The first-order valence-electron chi connectivity index (χ1n) is 6.89. The van der Waals surface area contributed by atoms with E-state index < -0.39 is 0 Å². The Morgan fingerprint density at radius 1 is 0.579 bits per heavy atom. The molecule has 0 fully saturated rings. The zero-order chi connectivity index (χ0) is 14.3. The van der Waals surface area contributed by atoms with E-state index in [9.17, 15) is 0 Å². The molecule has 0 aliphatic heterocycles. The van der Waals surface area contributed by atoms with Crippen LogP contribution in [0.1, 0.15) is 90.0 Å². The molecule has 0 N–H and O–H groups in total. The zero-order valence-corrected chi connectivity index (χ0v) is 19.7. The van der Waals surface area contributed by atoms with Crippen LogP contribution in [-0.2, 0) is 32.7 Å². The van der Waals surface area contributed by atoms with Crippen LogP contribution in [0, 0.1) is 19.8 Å². The third kappa shape index (κ3) is 3750. The normalized spacial score (nSPS) is 4.11. The summed E-state index contributed by atoms with van der Waals surface area (Å²) in [4.78, 5) is 0. The molecule has 3 heteroatoms. The van der Waals surface area contributed by atoms with Crippen molar-refractivity contribution < 1.29 is 32.7 Å². The van der Waals surface area contributed by atoms with Gasteiger partial charge in [-0.3, -0.25) is 0 Å². The maximum absolute atomic E-state index is 2.17. The molecule has 0 aliphatic carbocycles. The molecule has 0 heterocycles. The Labute approximate surface area is 158 Å². The van der Waals surface area contributed by atoms with Crippen molar-refractivity contribution in [1.29, 1.82) is 0 Å². The Morgan fingerprint density at radius 2 is 0.579 bits per heavy atom. The first-order valence-corrected chi connectivity index (χ1v) is 6.89. The van der Waals surface area contributed by atoms with E-state index in [0.29, 0.717) is 0 Å². The number of hydrogen-bond acceptors (Lipinski definition) is 0. The van der Waals surface area contributed by atoms with Gasteiger partial charge in [-0.2, -0.15) is 13.8 Å². The van der Waals surface area contributed by atoms with Crippen LogP contribution in [0.15, 0.2) is 0 Å². The van der Waals surface area contributed by atoms with Crippen molar-refractivity contribution in [3.8, 4) is 0 Å². The van der Waals surface area contributed by atoms with Gasteiger partial charge in [0.25, 0.3) is 0 Å². The van der Waals surface area contributed by atoms with Crippen LogP contribution in [-0.4, -0.2) is 16.8 Å². The summed E-state index contributed by atoms with van der Waals surface area (Å²) in [6.07, 6.45) is 2.00. The largest absolute Gasteiger partial charge is 0.358 e. The van der Waals surface area contributed by atoms with E-state index in [1.165, 1.54) is 0 Å². The summed E-state index contributed by atoms with van der Waals surface area (Å²) in [5.74, 6) is 0.833. The maximum atomic E-state index is 2.17. The molecular weight excluding hydrogens is 303 g/mol. The van der Waals surface area contributed by atoms with Crippen LogP contribution >= 0.6 is 0 Å². The molecule has 0 nitrogen and oxygen atoms in total. The van der Waals surface area contributed by atoms with Gasteiger partial charge in [0.05, 0.1) is 0 Å². The van der Waals surface area contributed by atoms with Crippen LogP contribution in [0.4, 0.5) is 0 Å². The molecule has 0 unspecified atom stereocenters. The standard InChI is InChI=1S/C4H10.C3H7.4C2H6.CH3.2B.Y/c1-4(2)3;1-3-2;4*1-2;;;;/h4H,1-3H3;3H,1-2H3;4*1-2H3;1H3;;;/q;-1;;;;;-1;;;. The average Bonchev–Trinajstić information content (AvgIpc) is 2.29. The van der Waals surface area contributed by atoms with E-state index in [2.05, 4.69) is 20.8 Å². The summed E-state index contributed by atoms with van der Waals surface area (Å²) in [5.41, 5.74) is 0. The second-order valence-electron chi connectivity index (χ2n) is 2.31. The SMILES string of the molecule is CC.CC.CC.CC.CC(C)C.C[CH-]C.[B].[B].[CH3-].[Y]. The summed E-state index contributed by atoms with van der Waals surface area (Å²) in [5, 5.41) is 0. The third-order valence-electron chi connectivity index (χ3n) is 0. The van der Waals surface area contributed by atoms with Gasteiger partial charge in [0.1, 0.15) is 0 Å². The van der Waals surface area contributed by atoms with Gasteiger partial charge in [-0.25, -0.2) is 0 Å². The molecule has 19 heavy (non-hydrogen) atoms. The Balaban J connectivity index is -0.00000000630. The monoisotopic (exact) mass is 347 g/mol. The van der Waals surface area contributed by atoms with E-state index in [1.807, 2.05) is 75.7 Å². The minimum atomic E-state index is 0. The molecule has 0 aliphatic rings. The minimum absolute atomic E-state index is 0. The molecule has 119 valence electrons. The number of hydrogen-bond donors (Lipinski definition) is 0. The molecule has 0 spiro atoms. The van der Waals surface area contributed by atoms with Gasteiger partial charge in [0.2, 0.25) is 0 Å². The van der Waals surface area contributed by atoms with Gasteiger partial charge in [0.15, 0.2) is 0 Å². The second kappa shape index (κ2) is 233. The van der Waals surface area contributed by atoms with Crippen LogP contribution < -0.4 is 0 Å². The van der Waals surface area contributed by atoms with Crippen molar-refractivity contribution in [2.75, 3.05) is 0 Å². The molecule has 0 aromatic carbocycles. The molecule has 0 aromatic rings. The molecule has 0 amide bonds. The second-order valence-corrected chi connectivity index (χ2v) is 2.31. The van der Waals surface area contributed by atoms with Gasteiger partial charge in [-0.15, -0.1) is 0 Å². The van der Waals surface area contributed by atoms with E-state index in [0.717, 1.165) is 5.92 Å². The smallest absolute Gasteiger partial charge is 0 e. The van der Waals surface area contributed by atoms with Crippen LogP contribution in [0.3, 0.4) is 0 Å². The molecule has 0 aromatic heterocycles. The third-order valence-corrected chi connectivity index (χ3v) is 0. The van der Waals surface area contributed by atoms with Gasteiger partial charge in [0, 0.05) is 49.5 Å². The quantitative estimate of drug-likeness (QED) is 0.339. The van der Waals surface area contributed by atoms with Crippen molar-refractivity contribution in [3.63, 3.8) is 0 Å². The Morgan fingerprint density at radius 3 is 0.579 bits per heavy atom. The number of rotatable bonds is 0. The van der Waals surface area contributed by atoms with Crippen LogP contribution in [0.5, 0.6) is 0 Å². The first kappa shape index (κ1) is 71.5. The summed E-state index contributed by atoms with van der Waals surface area (Å²) < 4.78 is 0. The van der Waals surface area contributed by atoms with Gasteiger partial charge in [-0.05, 0) is 5.92 Å². The first-order chi connectivity index (χ1) is 7.15. The molecule has 0 atom stereocenters. The fourth-order valence-corrected chi connectivity index (χ4v) is 0. The summed E-state index contributed by atoms with van der Waals surface area (Å²) in [6.45, 7) is 26.5. The van der Waals surface area contributed by atoms with Crippen molar-refractivity contribution in [2.45, 2.75) is 90.0 Å². The summed E-state index contributed by atoms with van der Waals surface area (Å²) >= 11 is 0. The Kier molecular flexibility index (Phi) is 878. The van der Waals surface area contributed by atoms with E-state index in [1.54, 1.807) is 0 Å². The maximum Gasteiger partial charge on any atom is 0 e. The molecule has 0 bridgehead atoms. The van der Waals surface area contributed by atoms with Crippen molar-refractivity contribution in [3.05, 3.63) is 13.8 Å². The van der Waals surface area contributed by atoms with Crippen molar-refractivity contribution in [1.82, 2.24) is 0 Å². The Hall–Kier alpha value is 1.23. The molecule has 7 radical (unpaired) electrons. The van der Waals surface area contributed by atoms with E-state index in [4.69, 9.17) is 0 Å². The average molecular weight is 347 g/mol. The van der Waals surface area contributed by atoms with E-state index >= 15 is 0 Å². The van der Waals surface area contributed by atoms with E-state index in [-0.39, 0.29) is 57.0 Å². The topological polar surface area (TPSA) is 0 Å². The molecule has 0 rings (SSSR count). The molecule has 0 saturated heterocycles. The van der Waals surface area contributed by atoms with Gasteiger partial charge < -0.3 is 13.8 Å². The summed E-state index contributed by atoms with van der Waals surface area (Å²) in [7, 11) is 0. The van der Waals surface area contributed by atoms with Gasteiger partial charge in [-0.1, -0.05) is 76.2 Å². The Bertz CT molecular complexity index is 26.0. The molecule has 0 saturated carbocycles. The minimum Gasteiger partial charge on any atom is -0.358 e. The predicted octanol–water partition coefficient (Wildman–Crippen LogP) is 6.68. The van der Waals surface area contributed by atoms with Gasteiger partial charge >= 0.3 is 0 Å². The van der Waals surface area contributed by atoms with Crippen LogP contribution in [0.2, 0.25) is 0 Å². The zero-order valence-electron chi connectivity index (χ0n) is 16.9. The van der Waals surface area contributed by atoms with Crippen molar-refractivity contribution in [2.24, 2.45) is 5.92 Å². The van der Waals surface area contributed by atoms with Crippen LogP contribution in [0.25, 0.3) is 0 Å². The fraction of sp³-hybridized carbons (Fsp3) is 0.875.